The number of likely N-dealkylation sites (tertiary alicyclic amines) is 1. The van der Waals surface area contributed by atoms with Gasteiger partial charge in [-0.05, 0) is 37.0 Å². The molecule has 7 nitrogen and oxygen atoms in total. The van der Waals surface area contributed by atoms with Gasteiger partial charge in [-0.2, -0.15) is 0 Å². The summed E-state index contributed by atoms with van der Waals surface area (Å²) >= 11 is 0. The predicted octanol–water partition coefficient (Wildman–Crippen LogP) is 3.70. The van der Waals surface area contributed by atoms with E-state index in [9.17, 15) is 9.59 Å². The Morgan fingerprint density at radius 2 is 1.81 bits per heavy atom. The molecular weight excluding hydrogens is 406 g/mol. The normalized spacial score (nSPS) is 14.2. The smallest absolute Gasteiger partial charge is 0.276 e. The number of nitrogens with zero attached hydrogens (tertiary/aromatic N) is 2. The maximum atomic E-state index is 12.9. The topological polar surface area (TPSA) is 84.7 Å². The minimum absolute atomic E-state index is 0.0524. The van der Waals surface area contributed by atoms with Crippen molar-refractivity contribution in [2.24, 2.45) is 0 Å². The molecule has 0 spiro atoms. The summed E-state index contributed by atoms with van der Waals surface area (Å²) in [5.41, 5.74) is 2.18. The molecule has 166 valence electrons. The number of para-hydroxylation sites is 1. The first kappa shape index (κ1) is 21.6. The molecule has 7 heteroatoms. The lowest BCUT2D eigenvalue weighted by atomic mass is 10.0. The van der Waals surface area contributed by atoms with E-state index < -0.39 is 0 Å². The van der Waals surface area contributed by atoms with E-state index in [1.165, 1.54) is 0 Å². The molecule has 0 aliphatic carbocycles. The molecule has 0 unspecified atom stereocenters. The SMILES string of the molecule is COc1ccccc1-c1cc(C(=O)N2CCC(NC(=O)CCc3ccccc3)CC2)no1. The molecule has 3 aromatic rings. The minimum atomic E-state index is -0.163. The Labute approximate surface area is 187 Å². The van der Waals surface area contributed by atoms with Gasteiger partial charge in [-0.1, -0.05) is 47.6 Å². The lowest BCUT2D eigenvalue weighted by Crippen LogP contribution is -2.46. The number of carbonyl (C=O) groups excluding carboxylic acids is 2. The summed E-state index contributed by atoms with van der Waals surface area (Å²) in [5, 5.41) is 7.07. The predicted molar refractivity (Wildman–Crippen MR) is 120 cm³/mol. The summed E-state index contributed by atoms with van der Waals surface area (Å²) in [6.45, 7) is 1.14. The molecule has 4 rings (SSSR count). The zero-order valence-electron chi connectivity index (χ0n) is 18.1. The highest BCUT2D eigenvalue weighted by Gasteiger charge is 2.27. The molecule has 0 bridgehead atoms. The number of nitrogens with one attached hydrogen (secondary N) is 1. The maximum Gasteiger partial charge on any atom is 0.276 e. The highest BCUT2D eigenvalue weighted by atomic mass is 16.5. The van der Waals surface area contributed by atoms with E-state index in [0.29, 0.717) is 31.0 Å². The van der Waals surface area contributed by atoms with Gasteiger partial charge in [0.25, 0.3) is 5.91 Å². The first-order valence-corrected chi connectivity index (χ1v) is 10.9. The van der Waals surface area contributed by atoms with Crippen molar-refractivity contribution in [3.8, 4) is 17.1 Å². The molecular formula is C25H27N3O4. The van der Waals surface area contributed by atoms with Crippen molar-refractivity contribution in [2.45, 2.75) is 31.7 Å². The molecule has 2 amide bonds. The second-order valence-electron chi connectivity index (χ2n) is 7.90. The number of methoxy groups -OCH3 is 1. The van der Waals surface area contributed by atoms with Gasteiger partial charge < -0.3 is 19.5 Å². The quantitative estimate of drug-likeness (QED) is 0.614. The molecule has 1 aliphatic rings. The highest BCUT2D eigenvalue weighted by molar-refractivity contribution is 5.93. The van der Waals surface area contributed by atoms with Gasteiger partial charge in [-0.15, -0.1) is 0 Å². The Kier molecular flexibility index (Phi) is 6.84. The van der Waals surface area contributed by atoms with Crippen LogP contribution in [0.1, 0.15) is 35.3 Å². The van der Waals surface area contributed by atoms with Gasteiger partial charge >= 0.3 is 0 Å². The monoisotopic (exact) mass is 433 g/mol. The van der Waals surface area contributed by atoms with Crippen LogP contribution in [0.25, 0.3) is 11.3 Å². The minimum Gasteiger partial charge on any atom is -0.496 e. The number of rotatable bonds is 7. The molecule has 1 fully saturated rings. The Balaban J connectivity index is 1.27. The molecule has 1 aliphatic heterocycles. The van der Waals surface area contributed by atoms with Crippen molar-refractivity contribution in [1.82, 2.24) is 15.4 Å². The number of piperidine rings is 1. The largest absolute Gasteiger partial charge is 0.496 e. The summed E-state index contributed by atoms with van der Waals surface area (Å²) in [6, 6.07) is 19.2. The van der Waals surface area contributed by atoms with E-state index in [1.54, 1.807) is 18.1 Å². The molecule has 1 N–H and O–H groups in total. The van der Waals surface area contributed by atoms with E-state index in [2.05, 4.69) is 10.5 Å². The fourth-order valence-corrected chi connectivity index (χ4v) is 3.94. The van der Waals surface area contributed by atoms with Gasteiger partial charge in [0.05, 0.1) is 12.7 Å². The molecule has 2 aromatic carbocycles. The van der Waals surface area contributed by atoms with Gasteiger partial charge in [-0.3, -0.25) is 9.59 Å². The van der Waals surface area contributed by atoms with E-state index in [0.717, 1.165) is 30.4 Å². The summed E-state index contributed by atoms with van der Waals surface area (Å²) < 4.78 is 10.8. The van der Waals surface area contributed by atoms with Crippen LogP contribution >= 0.6 is 0 Å². The van der Waals surface area contributed by atoms with Gasteiger partial charge in [0, 0.05) is 31.6 Å². The van der Waals surface area contributed by atoms with Gasteiger partial charge in [-0.25, -0.2) is 0 Å². The summed E-state index contributed by atoms with van der Waals surface area (Å²) in [7, 11) is 1.59. The van der Waals surface area contributed by atoms with Crippen LogP contribution in [-0.2, 0) is 11.2 Å². The average molecular weight is 434 g/mol. The zero-order valence-corrected chi connectivity index (χ0v) is 18.1. The van der Waals surface area contributed by atoms with E-state index in [-0.39, 0.29) is 23.6 Å². The fraction of sp³-hybridized carbons (Fsp3) is 0.320. The maximum absolute atomic E-state index is 12.9. The Hall–Kier alpha value is -3.61. The third-order valence-corrected chi connectivity index (χ3v) is 5.73. The second kappa shape index (κ2) is 10.1. The van der Waals surface area contributed by atoms with Crippen molar-refractivity contribution in [3.05, 3.63) is 71.9 Å². The Morgan fingerprint density at radius 1 is 1.09 bits per heavy atom. The van der Waals surface area contributed by atoms with Crippen LogP contribution in [0.3, 0.4) is 0 Å². The van der Waals surface area contributed by atoms with Gasteiger partial charge in [0.2, 0.25) is 5.91 Å². The van der Waals surface area contributed by atoms with Crippen molar-refractivity contribution in [1.29, 1.82) is 0 Å². The van der Waals surface area contributed by atoms with Gasteiger partial charge in [0.1, 0.15) is 5.75 Å². The van der Waals surface area contributed by atoms with Crippen LogP contribution in [0.5, 0.6) is 5.75 Å². The van der Waals surface area contributed by atoms with Crippen LogP contribution in [0.2, 0.25) is 0 Å². The summed E-state index contributed by atoms with van der Waals surface area (Å²) in [6.07, 6.45) is 2.64. The molecule has 0 saturated carbocycles. The van der Waals surface area contributed by atoms with Crippen LogP contribution in [0, 0.1) is 0 Å². The number of aryl methyl sites for hydroxylation is 1. The highest BCUT2D eigenvalue weighted by Crippen LogP contribution is 2.30. The van der Waals surface area contributed by atoms with Crippen molar-refractivity contribution < 1.29 is 18.8 Å². The molecule has 1 aromatic heterocycles. The van der Waals surface area contributed by atoms with Crippen molar-refractivity contribution >= 4 is 11.8 Å². The Bertz CT molecular complexity index is 1060. The lowest BCUT2D eigenvalue weighted by Gasteiger charge is -2.31. The number of carbonyl (C=O) groups is 2. The van der Waals surface area contributed by atoms with Crippen LogP contribution in [-0.4, -0.2) is 48.1 Å². The van der Waals surface area contributed by atoms with Crippen LogP contribution < -0.4 is 10.1 Å². The molecule has 0 atom stereocenters. The zero-order chi connectivity index (χ0) is 22.3. The van der Waals surface area contributed by atoms with Gasteiger partial charge in [0.15, 0.2) is 11.5 Å². The first-order chi connectivity index (χ1) is 15.6. The van der Waals surface area contributed by atoms with E-state index in [1.807, 2.05) is 54.6 Å². The average Bonchev–Trinajstić information content (AvgIpc) is 3.33. The van der Waals surface area contributed by atoms with Crippen LogP contribution in [0.15, 0.2) is 65.2 Å². The fourth-order valence-electron chi connectivity index (χ4n) is 3.94. The third kappa shape index (κ3) is 5.17. The number of aromatic nitrogens is 1. The van der Waals surface area contributed by atoms with E-state index in [4.69, 9.17) is 9.26 Å². The van der Waals surface area contributed by atoms with E-state index >= 15 is 0 Å². The Morgan fingerprint density at radius 3 is 2.56 bits per heavy atom. The lowest BCUT2D eigenvalue weighted by molar-refractivity contribution is -0.122. The number of amides is 2. The standard InChI is InChI=1S/C25H27N3O4/c1-31-22-10-6-5-9-20(22)23-17-21(27-32-23)25(30)28-15-13-19(14-16-28)26-24(29)12-11-18-7-3-2-4-8-18/h2-10,17,19H,11-16H2,1H3,(H,26,29). The second-order valence-corrected chi connectivity index (χ2v) is 7.90. The number of hydrogen-bond donors (Lipinski definition) is 1. The summed E-state index contributed by atoms with van der Waals surface area (Å²) in [4.78, 5) is 26.9. The first-order valence-electron chi connectivity index (χ1n) is 10.9. The third-order valence-electron chi connectivity index (χ3n) is 5.73. The number of ether oxygens (including phenoxy) is 1. The van der Waals surface area contributed by atoms with Crippen molar-refractivity contribution in [2.75, 3.05) is 20.2 Å². The molecule has 0 radical (unpaired) electrons. The molecule has 32 heavy (non-hydrogen) atoms. The molecule has 1 saturated heterocycles. The number of benzene rings is 2. The van der Waals surface area contributed by atoms with Crippen molar-refractivity contribution in [3.63, 3.8) is 0 Å². The summed E-state index contributed by atoms with van der Waals surface area (Å²) in [5.74, 6) is 1.04. The van der Waals surface area contributed by atoms with Crippen LogP contribution in [0.4, 0.5) is 0 Å². The molecule has 2 heterocycles. The number of hydrogen-bond acceptors (Lipinski definition) is 5.